The molecular formula is C19H15FN2O3S. The molecule has 7 heteroatoms. The van der Waals surface area contributed by atoms with Gasteiger partial charge in [-0.15, -0.1) is 0 Å². The number of hydrogen-bond acceptors (Lipinski definition) is 4. The van der Waals surface area contributed by atoms with Crippen LogP contribution in [0.15, 0.2) is 58.4 Å². The van der Waals surface area contributed by atoms with Crippen LogP contribution in [0.3, 0.4) is 0 Å². The Kier molecular flexibility index (Phi) is 5.48. The predicted molar refractivity (Wildman–Crippen MR) is 99.0 cm³/mol. The number of amidine groups is 1. The van der Waals surface area contributed by atoms with Crippen LogP contribution in [0.1, 0.15) is 18.1 Å². The highest BCUT2D eigenvalue weighted by molar-refractivity contribution is 8.18. The van der Waals surface area contributed by atoms with Crippen LogP contribution in [0.2, 0.25) is 0 Å². The number of halogens is 1. The molecule has 0 saturated heterocycles. The Morgan fingerprint density at radius 1 is 1.27 bits per heavy atom. The highest BCUT2D eigenvalue weighted by Crippen LogP contribution is 2.30. The van der Waals surface area contributed by atoms with Crippen molar-refractivity contribution in [2.75, 3.05) is 0 Å². The molecule has 3 rings (SSSR count). The molecule has 1 aliphatic rings. The number of thioether (sulfide) groups is 1. The van der Waals surface area contributed by atoms with E-state index in [0.29, 0.717) is 21.8 Å². The van der Waals surface area contributed by atoms with Gasteiger partial charge >= 0.3 is 0 Å². The molecule has 0 unspecified atom stereocenters. The number of para-hydroxylation sites is 1. The van der Waals surface area contributed by atoms with Crippen molar-refractivity contribution in [3.63, 3.8) is 0 Å². The highest BCUT2D eigenvalue weighted by atomic mass is 32.2. The molecule has 1 aliphatic heterocycles. The summed E-state index contributed by atoms with van der Waals surface area (Å²) >= 11 is 1.09. The third kappa shape index (κ3) is 4.58. The first-order chi connectivity index (χ1) is 12.5. The van der Waals surface area contributed by atoms with Gasteiger partial charge in [0.15, 0.2) is 5.17 Å². The first kappa shape index (κ1) is 17.9. The number of amides is 2. The lowest BCUT2D eigenvalue weighted by molar-refractivity contribution is -0.117. The molecule has 0 aliphatic carbocycles. The van der Waals surface area contributed by atoms with E-state index in [2.05, 4.69) is 10.3 Å². The van der Waals surface area contributed by atoms with Gasteiger partial charge in [-0.1, -0.05) is 30.3 Å². The van der Waals surface area contributed by atoms with Crippen molar-refractivity contribution in [3.05, 3.63) is 70.4 Å². The SMILES string of the molecule is CC(=O)NC1=NC(=O)/C(=C/c2ccccc2OCc2cccc(F)c2)S1. The summed E-state index contributed by atoms with van der Waals surface area (Å²) in [6, 6.07) is 13.4. The average Bonchev–Trinajstić information content (AvgIpc) is 2.92. The number of aliphatic imine (C=N–C) groups is 1. The van der Waals surface area contributed by atoms with E-state index < -0.39 is 5.91 Å². The van der Waals surface area contributed by atoms with Gasteiger partial charge in [0.2, 0.25) is 5.91 Å². The first-order valence-corrected chi connectivity index (χ1v) is 8.59. The predicted octanol–water partition coefficient (Wildman–Crippen LogP) is 3.51. The largest absolute Gasteiger partial charge is 0.488 e. The molecule has 132 valence electrons. The molecule has 0 aromatic heterocycles. The number of nitrogens with zero attached hydrogens (tertiary/aromatic N) is 1. The van der Waals surface area contributed by atoms with E-state index >= 15 is 0 Å². The van der Waals surface area contributed by atoms with Gasteiger partial charge in [-0.3, -0.25) is 9.59 Å². The van der Waals surface area contributed by atoms with Gasteiger partial charge in [-0.05, 0) is 41.6 Å². The lowest BCUT2D eigenvalue weighted by Gasteiger charge is -2.09. The molecule has 2 aromatic carbocycles. The number of ether oxygens (including phenoxy) is 1. The fourth-order valence-corrected chi connectivity index (χ4v) is 3.12. The first-order valence-electron chi connectivity index (χ1n) is 7.78. The minimum atomic E-state index is -0.418. The van der Waals surface area contributed by atoms with Crippen LogP contribution < -0.4 is 10.1 Å². The lowest BCUT2D eigenvalue weighted by Crippen LogP contribution is -2.23. The van der Waals surface area contributed by atoms with Crippen molar-refractivity contribution in [1.29, 1.82) is 0 Å². The van der Waals surface area contributed by atoms with Crippen molar-refractivity contribution in [3.8, 4) is 5.75 Å². The second kappa shape index (κ2) is 7.97. The number of nitrogens with one attached hydrogen (secondary N) is 1. The van der Waals surface area contributed by atoms with Crippen molar-refractivity contribution < 1.29 is 18.7 Å². The normalized spacial score (nSPS) is 15.1. The van der Waals surface area contributed by atoms with Crippen LogP contribution in [0, 0.1) is 5.82 Å². The summed E-state index contributed by atoms with van der Waals surface area (Å²) in [6.07, 6.45) is 1.66. The van der Waals surface area contributed by atoms with Crippen molar-refractivity contribution >= 4 is 34.8 Å². The molecule has 0 spiro atoms. The number of carbonyl (C=O) groups excluding carboxylic acids is 2. The van der Waals surface area contributed by atoms with Crippen LogP contribution >= 0.6 is 11.8 Å². The topological polar surface area (TPSA) is 67.8 Å². The molecule has 0 atom stereocenters. The Hall–Kier alpha value is -2.93. The zero-order valence-corrected chi connectivity index (χ0v) is 14.7. The van der Waals surface area contributed by atoms with Crippen LogP contribution in [0.4, 0.5) is 4.39 Å². The zero-order chi connectivity index (χ0) is 18.5. The summed E-state index contributed by atoms with van der Waals surface area (Å²) in [7, 11) is 0. The third-order valence-electron chi connectivity index (χ3n) is 3.39. The van der Waals surface area contributed by atoms with Gasteiger partial charge in [0.25, 0.3) is 5.91 Å². The van der Waals surface area contributed by atoms with Crippen LogP contribution in [0.25, 0.3) is 6.08 Å². The highest BCUT2D eigenvalue weighted by Gasteiger charge is 2.22. The number of rotatable bonds is 4. The molecule has 0 fully saturated rings. The van der Waals surface area contributed by atoms with Gasteiger partial charge < -0.3 is 10.1 Å². The van der Waals surface area contributed by atoms with E-state index in [4.69, 9.17) is 4.74 Å². The Labute approximate surface area is 154 Å². The molecule has 0 radical (unpaired) electrons. The van der Waals surface area contributed by atoms with Gasteiger partial charge in [0.1, 0.15) is 18.2 Å². The molecule has 2 amide bonds. The third-order valence-corrected chi connectivity index (χ3v) is 4.29. The Bertz CT molecular complexity index is 925. The maximum Gasteiger partial charge on any atom is 0.286 e. The minimum absolute atomic E-state index is 0.201. The fourth-order valence-electron chi connectivity index (χ4n) is 2.27. The molecule has 5 nitrogen and oxygen atoms in total. The van der Waals surface area contributed by atoms with E-state index in [0.717, 1.165) is 11.8 Å². The standard InChI is InChI=1S/C19H15FN2O3S/c1-12(23)21-19-22-18(24)17(26-19)10-14-6-2-3-8-16(14)25-11-13-5-4-7-15(20)9-13/h2-10H,11H2,1H3,(H,21,22,23,24)/b17-10-. The molecule has 0 bridgehead atoms. The molecule has 0 saturated carbocycles. The Morgan fingerprint density at radius 3 is 2.85 bits per heavy atom. The Morgan fingerprint density at radius 2 is 2.08 bits per heavy atom. The number of hydrogen-bond donors (Lipinski definition) is 1. The molecule has 26 heavy (non-hydrogen) atoms. The smallest absolute Gasteiger partial charge is 0.286 e. The van der Waals surface area contributed by atoms with Gasteiger partial charge in [-0.25, -0.2) is 4.39 Å². The molecular weight excluding hydrogens is 355 g/mol. The van der Waals surface area contributed by atoms with Crippen LogP contribution in [-0.2, 0) is 16.2 Å². The number of carbonyl (C=O) groups is 2. The maximum atomic E-state index is 13.3. The van der Waals surface area contributed by atoms with Gasteiger partial charge in [-0.2, -0.15) is 4.99 Å². The Balaban J connectivity index is 1.75. The van der Waals surface area contributed by atoms with E-state index in [1.165, 1.54) is 19.1 Å². The fraction of sp³-hybridized carbons (Fsp3) is 0.105. The summed E-state index contributed by atoms with van der Waals surface area (Å²) in [5.74, 6) is -0.467. The van der Waals surface area contributed by atoms with Crippen molar-refractivity contribution in [1.82, 2.24) is 5.32 Å². The average molecular weight is 370 g/mol. The monoisotopic (exact) mass is 370 g/mol. The second-order valence-corrected chi connectivity index (χ2v) is 6.50. The lowest BCUT2D eigenvalue weighted by atomic mass is 10.2. The summed E-state index contributed by atoms with van der Waals surface area (Å²) in [5, 5.41) is 2.76. The van der Waals surface area contributed by atoms with Gasteiger partial charge in [0.05, 0.1) is 4.91 Å². The van der Waals surface area contributed by atoms with Crippen molar-refractivity contribution in [2.45, 2.75) is 13.5 Å². The van der Waals surface area contributed by atoms with E-state index in [9.17, 15) is 14.0 Å². The minimum Gasteiger partial charge on any atom is -0.488 e. The molecule has 1 heterocycles. The van der Waals surface area contributed by atoms with Crippen molar-refractivity contribution in [2.24, 2.45) is 4.99 Å². The van der Waals surface area contributed by atoms with Crippen LogP contribution in [0.5, 0.6) is 5.75 Å². The van der Waals surface area contributed by atoms with E-state index in [1.807, 2.05) is 12.1 Å². The summed E-state index contributed by atoms with van der Waals surface area (Å²) < 4.78 is 19.0. The van der Waals surface area contributed by atoms with E-state index in [-0.39, 0.29) is 23.5 Å². The summed E-state index contributed by atoms with van der Waals surface area (Å²) in [5.41, 5.74) is 1.40. The summed E-state index contributed by atoms with van der Waals surface area (Å²) in [4.78, 5) is 27.3. The molecule has 2 aromatic rings. The quantitative estimate of drug-likeness (QED) is 0.837. The summed E-state index contributed by atoms with van der Waals surface area (Å²) in [6.45, 7) is 1.55. The zero-order valence-electron chi connectivity index (χ0n) is 13.9. The molecule has 1 N–H and O–H groups in total. The second-order valence-electron chi connectivity index (χ2n) is 5.47. The maximum absolute atomic E-state index is 13.3. The van der Waals surface area contributed by atoms with E-state index in [1.54, 1.807) is 30.3 Å². The van der Waals surface area contributed by atoms with Crippen LogP contribution in [-0.4, -0.2) is 17.0 Å². The van der Waals surface area contributed by atoms with Gasteiger partial charge in [0, 0.05) is 12.5 Å². The number of benzene rings is 2.